The van der Waals surface area contributed by atoms with E-state index in [2.05, 4.69) is 4.98 Å². The lowest BCUT2D eigenvalue weighted by molar-refractivity contribution is -0.137. The number of H-pyrrole nitrogens is 1. The van der Waals surface area contributed by atoms with Crippen LogP contribution in [-0.4, -0.2) is 33.5 Å². The number of nitrogens with one attached hydrogen (secondary N) is 1. The van der Waals surface area contributed by atoms with E-state index < -0.39 is 18.4 Å². The van der Waals surface area contributed by atoms with Crippen LogP contribution in [0.2, 0.25) is 0 Å². The maximum atomic E-state index is 11.6. The molecule has 0 aliphatic rings. The third-order valence-corrected chi connectivity index (χ3v) is 1.95. The highest BCUT2D eigenvalue weighted by Crippen LogP contribution is 2.02. The van der Waals surface area contributed by atoms with Crippen LogP contribution in [0.25, 0.3) is 0 Å². The molecule has 0 radical (unpaired) electrons. The Labute approximate surface area is 90.3 Å². The van der Waals surface area contributed by atoms with Gasteiger partial charge in [-0.25, -0.2) is 5.84 Å². The summed E-state index contributed by atoms with van der Waals surface area (Å²) in [6.45, 7) is -0.567. The Hall–Kier alpha value is -1.73. The number of carboxylic acids is 1. The topological polar surface area (TPSA) is 99.4 Å². The molecule has 0 aliphatic heterocycles. The number of hydrogen-bond donors (Lipinski definition) is 3. The summed E-state index contributed by atoms with van der Waals surface area (Å²) in [6, 6.07) is 3.06. The lowest BCUT2D eigenvalue weighted by atomic mass is 10.2. The van der Waals surface area contributed by atoms with Crippen molar-refractivity contribution in [1.29, 1.82) is 0 Å². The van der Waals surface area contributed by atoms with Gasteiger partial charge >= 0.3 is 5.97 Å². The number of hydrogen-bond acceptors (Lipinski definition) is 4. The summed E-state index contributed by atoms with van der Waals surface area (Å²) in [5.41, 5.74) is 0.177. The number of nitrogens with two attached hydrogens (primary N) is 1. The van der Waals surface area contributed by atoms with Gasteiger partial charge < -0.3 is 10.1 Å². The first-order valence-corrected chi connectivity index (χ1v) is 4.39. The predicted octanol–water partition coefficient (Wildman–Crippen LogP) is 0.145. The molecule has 0 unspecified atom stereocenters. The average Bonchev–Trinajstić information content (AvgIpc) is 2.16. The van der Waals surface area contributed by atoms with Gasteiger partial charge in [0.2, 0.25) is 0 Å². The number of aliphatic carboxylic acids is 1. The van der Waals surface area contributed by atoms with Crippen LogP contribution in [-0.2, 0) is 4.79 Å². The molecule has 0 aromatic carbocycles. The van der Waals surface area contributed by atoms with Crippen LogP contribution >= 0.6 is 12.2 Å². The minimum atomic E-state index is -1.18. The van der Waals surface area contributed by atoms with Gasteiger partial charge in [0, 0.05) is 6.20 Å². The Morgan fingerprint density at radius 2 is 2.27 bits per heavy atom. The standard InChI is InChI=1S/C8H9N3O3S/c9-11(4-6(12)13)8(14)5-2-1-3-10-7(5)15/h1-3H,4,9H2,(H,10,15)(H,12,13). The normalized spacial score (nSPS) is 9.67. The van der Waals surface area contributed by atoms with E-state index in [1.807, 2.05) is 0 Å². The van der Waals surface area contributed by atoms with E-state index in [4.69, 9.17) is 23.2 Å². The van der Waals surface area contributed by atoms with Gasteiger partial charge in [-0.3, -0.25) is 14.6 Å². The molecule has 1 heterocycles. The number of aromatic amines is 1. The molecular weight excluding hydrogens is 218 g/mol. The molecule has 1 aromatic heterocycles. The van der Waals surface area contributed by atoms with E-state index in [-0.39, 0.29) is 10.2 Å². The van der Waals surface area contributed by atoms with Crippen molar-refractivity contribution < 1.29 is 14.7 Å². The number of hydrazine groups is 1. The van der Waals surface area contributed by atoms with Crippen molar-refractivity contribution >= 4 is 24.1 Å². The first kappa shape index (κ1) is 11.3. The predicted molar refractivity (Wildman–Crippen MR) is 54.5 cm³/mol. The van der Waals surface area contributed by atoms with E-state index >= 15 is 0 Å². The Morgan fingerprint density at radius 1 is 1.60 bits per heavy atom. The number of rotatable bonds is 3. The van der Waals surface area contributed by atoms with E-state index in [0.29, 0.717) is 5.01 Å². The van der Waals surface area contributed by atoms with Crippen LogP contribution in [0, 0.1) is 4.64 Å². The van der Waals surface area contributed by atoms with Gasteiger partial charge in [0.1, 0.15) is 11.2 Å². The fraction of sp³-hybridized carbons (Fsp3) is 0.125. The summed E-state index contributed by atoms with van der Waals surface area (Å²) < 4.78 is 0.225. The van der Waals surface area contributed by atoms with Crippen LogP contribution in [0.15, 0.2) is 18.3 Å². The molecule has 0 atom stereocenters. The van der Waals surface area contributed by atoms with Gasteiger partial charge in [-0.15, -0.1) is 0 Å². The van der Waals surface area contributed by atoms with Crippen molar-refractivity contribution in [3.05, 3.63) is 28.5 Å². The zero-order valence-electron chi connectivity index (χ0n) is 7.64. The number of carbonyl (C=O) groups is 2. The molecule has 1 rings (SSSR count). The number of carbonyl (C=O) groups excluding carboxylic acids is 1. The molecule has 4 N–H and O–H groups in total. The summed E-state index contributed by atoms with van der Waals surface area (Å²) in [7, 11) is 0. The Balaban J connectivity index is 2.90. The summed E-state index contributed by atoms with van der Waals surface area (Å²) in [6.07, 6.45) is 1.57. The van der Waals surface area contributed by atoms with Gasteiger partial charge in [-0.1, -0.05) is 12.2 Å². The van der Waals surface area contributed by atoms with Crippen molar-refractivity contribution in [2.45, 2.75) is 0 Å². The van der Waals surface area contributed by atoms with E-state index in [0.717, 1.165) is 0 Å². The molecule has 7 heteroatoms. The maximum Gasteiger partial charge on any atom is 0.324 e. The Bertz CT molecular complexity index is 443. The largest absolute Gasteiger partial charge is 0.480 e. The van der Waals surface area contributed by atoms with Crippen LogP contribution in [0.4, 0.5) is 0 Å². The molecular formula is C8H9N3O3S. The molecule has 0 spiro atoms. The molecule has 0 aliphatic carbocycles. The number of aromatic nitrogens is 1. The smallest absolute Gasteiger partial charge is 0.324 e. The number of pyridine rings is 1. The van der Waals surface area contributed by atoms with Gasteiger partial charge in [-0.05, 0) is 12.1 Å². The molecule has 1 amide bonds. The fourth-order valence-corrected chi connectivity index (χ4v) is 1.19. The second-order valence-electron chi connectivity index (χ2n) is 2.74. The lowest BCUT2D eigenvalue weighted by Crippen LogP contribution is -2.41. The van der Waals surface area contributed by atoms with Gasteiger partial charge in [-0.2, -0.15) is 0 Å². The molecule has 0 fully saturated rings. The zero-order valence-corrected chi connectivity index (χ0v) is 8.45. The van der Waals surface area contributed by atoms with Crippen molar-refractivity contribution in [3.63, 3.8) is 0 Å². The molecule has 0 saturated carbocycles. The first-order chi connectivity index (χ1) is 7.02. The second kappa shape index (κ2) is 4.67. The molecule has 0 saturated heterocycles. The SMILES string of the molecule is NN(CC(=O)O)C(=O)c1ccc[nH]c1=S. The number of amides is 1. The van der Waals surface area contributed by atoms with E-state index in [1.54, 1.807) is 12.3 Å². The van der Waals surface area contributed by atoms with Crippen LogP contribution < -0.4 is 5.84 Å². The molecule has 80 valence electrons. The quantitative estimate of drug-likeness (QED) is 0.295. The van der Waals surface area contributed by atoms with Gasteiger partial charge in [0.25, 0.3) is 5.91 Å². The molecule has 0 bridgehead atoms. The summed E-state index contributed by atoms with van der Waals surface area (Å²) in [5, 5.41) is 9.04. The number of carboxylic acid groups (broad SMARTS) is 1. The van der Waals surface area contributed by atoms with Crippen molar-refractivity contribution in [2.75, 3.05) is 6.54 Å². The highest BCUT2D eigenvalue weighted by Gasteiger charge is 2.15. The van der Waals surface area contributed by atoms with Crippen molar-refractivity contribution in [2.24, 2.45) is 5.84 Å². The molecule has 6 nitrogen and oxygen atoms in total. The minimum Gasteiger partial charge on any atom is -0.480 e. The third kappa shape index (κ3) is 2.86. The van der Waals surface area contributed by atoms with E-state index in [1.165, 1.54) is 6.07 Å². The maximum absolute atomic E-state index is 11.6. The molecule has 1 aromatic rings. The Kier molecular flexibility index (Phi) is 3.53. The minimum absolute atomic E-state index is 0.177. The highest BCUT2D eigenvalue weighted by molar-refractivity contribution is 7.71. The van der Waals surface area contributed by atoms with Crippen LogP contribution in [0.1, 0.15) is 10.4 Å². The molecule has 15 heavy (non-hydrogen) atoms. The van der Waals surface area contributed by atoms with Crippen LogP contribution in [0.5, 0.6) is 0 Å². The van der Waals surface area contributed by atoms with Gasteiger partial charge in [0.05, 0.1) is 5.56 Å². The monoisotopic (exact) mass is 227 g/mol. The van der Waals surface area contributed by atoms with Crippen LogP contribution in [0.3, 0.4) is 0 Å². The highest BCUT2D eigenvalue weighted by atomic mass is 32.1. The Morgan fingerprint density at radius 3 is 2.80 bits per heavy atom. The summed E-state index contributed by atoms with van der Waals surface area (Å²) in [4.78, 5) is 24.5. The third-order valence-electron chi connectivity index (χ3n) is 1.62. The fourth-order valence-electron chi connectivity index (χ4n) is 0.962. The number of nitrogens with zero attached hydrogens (tertiary/aromatic N) is 1. The lowest BCUT2D eigenvalue weighted by Gasteiger charge is -2.13. The van der Waals surface area contributed by atoms with Gasteiger partial charge in [0.15, 0.2) is 0 Å². The zero-order chi connectivity index (χ0) is 11.4. The van der Waals surface area contributed by atoms with Crippen molar-refractivity contribution in [3.8, 4) is 0 Å². The van der Waals surface area contributed by atoms with E-state index in [9.17, 15) is 9.59 Å². The van der Waals surface area contributed by atoms with Crippen molar-refractivity contribution in [1.82, 2.24) is 9.99 Å². The summed E-state index contributed by atoms with van der Waals surface area (Å²) in [5.74, 6) is 3.45. The summed E-state index contributed by atoms with van der Waals surface area (Å²) >= 11 is 4.86. The average molecular weight is 227 g/mol. The first-order valence-electron chi connectivity index (χ1n) is 3.98. The second-order valence-corrected chi connectivity index (χ2v) is 3.15.